The van der Waals surface area contributed by atoms with Crippen LogP contribution in [0, 0.1) is 11.1 Å². The monoisotopic (exact) mass is 771 g/mol. The van der Waals surface area contributed by atoms with Gasteiger partial charge in [0.15, 0.2) is 6.21 Å². The van der Waals surface area contributed by atoms with Crippen molar-refractivity contribution < 1.29 is 58.0 Å². The van der Waals surface area contributed by atoms with E-state index in [0.29, 0.717) is 21.8 Å². The molecule has 10 N–H and O–H groups in total. The number of rotatable bonds is 22. The molecule has 6 amide bonds. The highest BCUT2D eigenvalue weighted by molar-refractivity contribution is 5.97. The van der Waals surface area contributed by atoms with E-state index in [1.807, 2.05) is 0 Å². The van der Waals surface area contributed by atoms with Gasteiger partial charge < -0.3 is 57.6 Å². The molecule has 0 saturated carbocycles. The Hall–Kier alpha value is -6.40. The Morgan fingerprint density at radius 2 is 1.40 bits per heavy atom. The zero-order chi connectivity index (χ0) is 41.4. The first kappa shape index (κ1) is 44.8. The van der Waals surface area contributed by atoms with Crippen LogP contribution in [0.4, 0.5) is 0 Å². The second-order valence-corrected chi connectivity index (χ2v) is 13.0. The van der Waals surface area contributed by atoms with Gasteiger partial charge in [-0.2, -0.15) is 4.74 Å². The van der Waals surface area contributed by atoms with E-state index < -0.39 is 78.0 Å². The molecule has 300 valence electrons. The average Bonchev–Trinajstić information content (AvgIpc) is 3.11. The fourth-order valence-corrected chi connectivity index (χ4v) is 5.15. The molecule has 0 unspecified atom stereocenters. The molecule has 0 saturated heterocycles. The number of amides is 6. The van der Waals surface area contributed by atoms with E-state index >= 15 is 0 Å². The third-order valence-corrected chi connectivity index (χ3v) is 8.13. The predicted octanol–water partition coefficient (Wildman–Crippen LogP) is -0.819. The van der Waals surface area contributed by atoms with Crippen LogP contribution in [-0.2, 0) is 40.0 Å². The fraction of sp³-hybridized carbons (Fsp3) is 0.444. The zero-order valence-corrected chi connectivity index (χ0v) is 31.2. The van der Waals surface area contributed by atoms with Gasteiger partial charge in [-0.1, -0.05) is 26.0 Å². The lowest BCUT2D eigenvalue weighted by Gasteiger charge is -2.26. The van der Waals surface area contributed by atoms with E-state index in [-0.39, 0.29) is 42.9 Å². The number of carboxylic acids is 1. The van der Waals surface area contributed by atoms with Crippen molar-refractivity contribution in [2.45, 2.75) is 83.1 Å². The van der Waals surface area contributed by atoms with Crippen molar-refractivity contribution in [3.05, 3.63) is 58.8 Å². The van der Waals surface area contributed by atoms with Crippen molar-refractivity contribution in [1.82, 2.24) is 21.3 Å². The van der Waals surface area contributed by atoms with Crippen LogP contribution in [0.15, 0.2) is 42.5 Å². The molecule has 0 bridgehead atoms. The first-order valence-electron chi connectivity index (χ1n) is 17.2. The molecule has 0 aromatic heterocycles. The molecule has 19 heteroatoms. The van der Waals surface area contributed by atoms with Crippen molar-refractivity contribution in [2.24, 2.45) is 17.4 Å². The largest absolute Gasteiger partial charge is 0.623 e. The van der Waals surface area contributed by atoms with Crippen LogP contribution < -0.4 is 42.2 Å². The number of nitrogens with zero attached hydrogens (tertiary/aromatic N) is 1. The number of benzene rings is 2. The summed E-state index contributed by atoms with van der Waals surface area (Å²) >= 11 is 0. The Morgan fingerprint density at radius 1 is 0.818 bits per heavy atom. The van der Waals surface area contributed by atoms with E-state index in [0.717, 1.165) is 6.21 Å². The number of hydroxylamine groups is 1. The Labute approximate surface area is 317 Å². The summed E-state index contributed by atoms with van der Waals surface area (Å²) < 4.78 is 10.9. The lowest BCUT2D eigenvalue weighted by molar-refractivity contribution is -0.483. The number of primary amides is 2. The molecular formula is C36H49N7O12. The molecule has 0 heterocycles. The first-order valence-corrected chi connectivity index (χ1v) is 17.2. The van der Waals surface area contributed by atoms with E-state index in [9.17, 15) is 49.0 Å². The van der Waals surface area contributed by atoms with Gasteiger partial charge in [-0.25, -0.2) is 0 Å². The maximum atomic E-state index is 13.8. The topological polar surface area (TPSA) is 305 Å². The van der Waals surface area contributed by atoms with Crippen LogP contribution in [0.25, 0.3) is 0 Å². The zero-order valence-electron chi connectivity index (χ0n) is 31.2. The van der Waals surface area contributed by atoms with Gasteiger partial charge in [0.05, 0.1) is 26.2 Å². The molecule has 0 aliphatic heterocycles. The van der Waals surface area contributed by atoms with Crippen LogP contribution in [0.3, 0.4) is 0 Å². The van der Waals surface area contributed by atoms with Crippen LogP contribution >= 0.6 is 0 Å². The number of nitrogens with two attached hydrogens (primary N) is 2. The summed E-state index contributed by atoms with van der Waals surface area (Å²) in [5.74, 6) is -6.81. The maximum absolute atomic E-state index is 13.8. The van der Waals surface area contributed by atoms with Gasteiger partial charge in [0, 0.05) is 19.3 Å². The van der Waals surface area contributed by atoms with Crippen LogP contribution in [0.2, 0.25) is 0 Å². The van der Waals surface area contributed by atoms with E-state index in [4.69, 9.17) is 20.9 Å². The van der Waals surface area contributed by atoms with E-state index in [1.165, 1.54) is 51.5 Å². The standard InChI is InChI=1S/C36H49N7O12/c1-19(2)14-28(43(53)18-22-16-24(54-4)10-12-29(22)55-5)36(52)42-27(17-31(46)47)35(51)41-26(15-21-6-8-23(44)9-7-21)34(50)40-25(11-13-30(37)45)33(49)39-20(3)32(38)48/h6-10,12,16,18-20,25-28,44H,11,13-15,17H2,1-5H3,(H2,37,45)(H2,38,48)(H,39,49)(H,40,50)(H,41,51)(H,42,52)(H,46,47)/b43-18-/t20-,25-,26-,27-,28-/m0/s1. The van der Waals surface area contributed by atoms with Gasteiger partial charge in [0.2, 0.25) is 35.6 Å². The van der Waals surface area contributed by atoms with E-state index in [1.54, 1.807) is 26.0 Å². The third-order valence-electron chi connectivity index (χ3n) is 8.13. The number of carboxylic acid groups (broad SMARTS) is 1. The van der Waals surface area contributed by atoms with E-state index in [2.05, 4.69) is 21.3 Å². The molecule has 0 aliphatic rings. The van der Waals surface area contributed by atoms with Crippen LogP contribution in [-0.4, -0.2) is 107 Å². The quantitative estimate of drug-likeness (QED) is 0.0315. The fourth-order valence-electron chi connectivity index (χ4n) is 5.15. The third kappa shape index (κ3) is 14.9. The number of ether oxygens (including phenoxy) is 2. The first-order chi connectivity index (χ1) is 25.8. The number of phenols is 1. The molecular weight excluding hydrogens is 722 g/mol. The highest BCUT2D eigenvalue weighted by Crippen LogP contribution is 2.23. The van der Waals surface area contributed by atoms with Gasteiger partial charge in [-0.3, -0.25) is 33.6 Å². The van der Waals surface area contributed by atoms with Crippen LogP contribution in [0.1, 0.15) is 57.6 Å². The summed E-state index contributed by atoms with van der Waals surface area (Å²) in [6.07, 6.45) is -0.809. The number of carbonyl (C=O) groups excluding carboxylic acids is 6. The summed E-state index contributed by atoms with van der Waals surface area (Å²) in [5.41, 5.74) is 11.2. The van der Waals surface area contributed by atoms with Gasteiger partial charge in [-0.05, 0) is 55.2 Å². The molecule has 2 rings (SSSR count). The summed E-state index contributed by atoms with van der Waals surface area (Å²) in [7, 11) is 2.81. The van der Waals surface area contributed by atoms with Gasteiger partial charge in [0.25, 0.3) is 5.91 Å². The summed E-state index contributed by atoms with van der Waals surface area (Å²) in [6, 6.07) is 2.77. The minimum absolute atomic E-state index is 0.0193. The number of aromatic hydroxyl groups is 1. The van der Waals surface area contributed by atoms with Crippen molar-refractivity contribution in [2.75, 3.05) is 14.2 Å². The molecule has 0 radical (unpaired) electrons. The number of nitrogens with one attached hydrogen (secondary N) is 4. The normalized spacial score (nSPS) is 14.0. The summed E-state index contributed by atoms with van der Waals surface area (Å²) in [6.45, 7) is 4.79. The minimum atomic E-state index is -1.81. The van der Waals surface area contributed by atoms with Crippen LogP contribution in [0.5, 0.6) is 17.2 Å². The molecule has 19 nitrogen and oxygen atoms in total. The molecule has 0 spiro atoms. The summed E-state index contributed by atoms with van der Waals surface area (Å²) in [5, 5.41) is 42.4. The van der Waals surface area contributed by atoms with Crippen molar-refractivity contribution >= 4 is 47.6 Å². The molecule has 5 atom stereocenters. The van der Waals surface area contributed by atoms with Crippen molar-refractivity contribution in [3.63, 3.8) is 0 Å². The lowest BCUT2D eigenvalue weighted by atomic mass is 10.0. The smallest absolute Gasteiger partial charge is 0.305 e. The molecule has 0 aliphatic carbocycles. The minimum Gasteiger partial charge on any atom is -0.623 e. The number of methoxy groups -OCH3 is 2. The predicted molar refractivity (Wildman–Crippen MR) is 197 cm³/mol. The summed E-state index contributed by atoms with van der Waals surface area (Å²) in [4.78, 5) is 89.2. The highest BCUT2D eigenvalue weighted by atomic mass is 16.5. The Kier molecular flexibility index (Phi) is 17.4. The molecule has 0 fully saturated rings. The van der Waals surface area contributed by atoms with Gasteiger partial charge in [0.1, 0.15) is 41.4 Å². The lowest BCUT2D eigenvalue weighted by Crippen LogP contribution is -2.59. The number of carbonyl (C=O) groups is 7. The maximum Gasteiger partial charge on any atom is 0.305 e. The number of hydrogen-bond acceptors (Lipinski definition) is 11. The average molecular weight is 772 g/mol. The SMILES string of the molecule is COc1ccc(OC)c(/C=[N+](\[O-])[C@@H](CC(C)C)C(=O)N[C@@H](CC(=O)O)C(=O)N[C@@H](Cc2ccc(O)cc2)C(=O)N[C@@H](CCC(N)=O)C(=O)N[C@@H](C)C(N)=O)c1. The molecule has 2 aromatic carbocycles. The second kappa shape index (κ2) is 21.3. The molecule has 2 aromatic rings. The molecule has 55 heavy (non-hydrogen) atoms. The van der Waals surface area contributed by atoms with Gasteiger partial charge in [-0.15, -0.1) is 0 Å². The Morgan fingerprint density at radius 3 is 1.95 bits per heavy atom. The van der Waals surface area contributed by atoms with Crippen molar-refractivity contribution in [3.8, 4) is 17.2 Å². The van der Waals surface area contributed by atoms with Crippen molar-refractivity contribution in [1.29, 1.82) is 0 Å². The van der Waals surface area contributed by atoms with Gasteiger partial charge >= 0.3 is 5.97 Å². The number of hydrogen-bond donors (Lipinski definition) is 8. The number of phenolic OH excluding ortho intramolecular Hbond substituents is 1. The Bertz CT molecular complexity index is 1730. The number of aliphatic carboxylic acids is 1. The highest BCUT2D eigenvalue weighted by Gasteiger charge is 2.35. The Balaban J connectivity index is 2.48. The second-order valence-electron chi connectivity index (χ2n) is 13.0.